The molecule has 0 aliphatic carbocycles. The van der Waals surface area contributed by atoms with E-state index in [0.717, 1.165) is 11.8 Å². The summed E-state index contributed by atoms with van der Waals surface area (Å²) in [6, 6.07) is 7.49. The molecule has 2 atom stereocenters. The van der Waals surface area contributed by atoms with Crippen molar-refractivity contribution < 1.29 is 14.3 Å². The summed E-state index contributed by atoms with van der Waals surface area (Å²) in [6.45, 7) is 6.60. The fraction of sp³-hybridized carbons (Fsp3) is 0.562. The van der Waals surface area contributed by atoms with Gasteiger partial charge in [-0.1, -0.05) is 48.8 Å². The van der Waals surface area contributed by atoms with Crippen LogP contribution >= 0.6 is 15.9 Å². The molecule has 5 heteroatoms. The second-order valence-corrected chi connectivity index (χ2v) is 7.06. The van der Waals surface area contributed by atoms with E-state index in [2.05, 4.69) is 42.0 Å². The molecule has 2 unspecified atom stereocenters. The van der Waals surface area contributed by atoms with Crippen LogP contribution in [-0.2, 0) is 4.79 Å². The maximum atomic E-state index is 12.4. The second kappa shape index (κ2) is 6.69. The van der Waals surface area contributed by atoms with Crippen LogP contribution in [0.2, 0.25) is 0 Å². The average molecular weight is 356 g/mol. The lowest BCUT2D eigenvalue weighted by atomic mass is 9.85. The van der Waals surface area contributed by atoms with Gasteiger partial charge in [-0.25, -0.2) is 0 Å². The number of para-hydroxylation sites is 2. The number of halogens is 1. The summed E-state index contributed by atoms with van der Waals surface area (Å²) in [5.74, 6) is 1.19. The van der Waals surface area contributed by atoms with Crippen molar-refractivity contribution in [1.29, 1.82) is 0 Å². The highest BCUT2D eigenvalue weighted by molar-refractivity contribution is 9.09. The monoisotopic (exact) mass is 355 g/mol. The van der Waals surface area contributed by atoms with Crippen LogP contribution in [0.15, 0.2) is 24.3 Å². The fourth-order valence-electron chi connectivity index (χ4n) is 2.24. The summed E-state index contributed by atoms with van der Waals surface area (Å²) < 4.78 is 11.3. The van der Waals surface area contributed by atoms with Gasteiger partial charge in [-0.2, -0.15) is 0 Å². The van der Waals surface area contributed by atoms with Gasteiger partial charge in [0.25, 0.3) is 5.91 Å². The van der Waals surface area contributed by atoms with Crippen LogP contribution in [0.1, 0.15) is 27.2 Å². The number of ether oxygens (including phenoxy) is 2. The van der Waals surface area contributed by atoms with Crippen LogP contribution in [0.25, 0.3) is 0 Å². The van der Waals surface area contributed by atoms with Crippen molar-refractivity contribution in [3.05, 3.63) is 24.3 Å². The van der Waals surface area contributed by atoms with Gasteiger partial charge in [0.15, 0.2) is 11.5 Å². The van der Waals surface area contributed by atoms with E-state index in [1.165, 1.54) is 0 Å². The molecular formula is C16H22BrNO3. The minimum Gasteiger partial charge on any atom is -0.485 e. The number of benzene rings is 1. The van der Waals surface area contributed by atoms with Crippen molar-refractivity contribution in [3.63, 3.8) is 0 Å². The van der Waals surface area contributed by atoms with Gasteiger partial charge >= 0.3 is 0 Å². The van der Waals surface area contributed by atoms with Crippen molar-refractivity contribution in [1.82, 2.24) is 5.32 Å². The van der Waals surface area contributed by atoms with Gasteiger partial charge in [0, 0.05) is 11.4 Å². The highest BCUT2D eigenvalue weighted by atomic mass is 79.9. The predicted molar refractivity (Wildman–Crippen MR) is 86.1 cm³/mol. The number of fused-ring (bicyclic) bond motifs is 1. The number of hydrogen-bond acceptors (Lipinski definition) is 3. The number of hydrogen-bond donors (Lipinski definition) is 1. The predicted octanol–water partition coefficient (Wildman–Crippen LogP) is 3.14. The normalized spacial score (nSPS) is 19.0. The van der Waals surface area contributed by atoms with Crippen molar-refractivity contribution in [3.8, 4) is 11.5 Å². The first-order chi connectivity index (χ1) is 9.91. The molecule has 0 spiro atoms. The molecule has 2 rings (SSSR count). The van der Waals surface area contributed by atoms with Crippen molar-refractivity contribution >= 4 is 21.8 Å². The largest absolute Gasteiger partial charge is 0.485 e. The molecule has 0 saturated carbocycles. The summed E-state index contributed by atoms with van der Waals surface area (Å²) in [7, 11) is 0. The average Bonchev–Trinajstić information content (AvgIpc) is 2.45. The first kappa shape index (κ1) is 16.1. The van der Waals surface area contributed by atoms with E-state index in [9.17, 15) is 4.79 Å². The summed E-state index contributed by atoms with van der Waals surface area (Å²) in [5.41, 5.74) is -0.00311. The first-order valence-electron chi connectivity index (χ1n) is 7.16. The molecule has 1 aromatic rings. The van der Waals surface area contributed by atoms with Gasteiger partial charge in [0.05, 0.1) is 0 Å². The van der Waals surface area contributed by atoms with Crippen LogP contribution in [-0.4, -0.2) is 30.0 Å². The van der Waals surface area contributed by atoms with E-state index in [-0.39, 0.29) is 24.0 Å². The molecule has 0 fully saturated rings. The number of rotatable bonds is 4. The molecule has 1 heterocycles. The Balaban J connectivity index is 2.01. The maximum Gasteiger partial charge on any atom is 0.264 e. The third kappa shape index (κ3) is 4.13. The molecule has 4 nitrogen and oxygen atoms in total. The molecule has 0 bridgehead atoms. The van der Waals surface area contributed by atoms with Crippen LogP contribution in [0.5, 0.6) is 11.5 Å². The standard InChI is InChI=1S/C16H22BrNO3/c1-16(2,3)14(8-9-17)18-15(19)13-10-20-11-6-4-5-7-12(11)21-13/h4-7,13-14H,8-10H2,1-3H3,(H,18,19). The van der Waals surface area contributed by atoms with E-state index in [1.807, 2.05) is 24.3 Å². The molecule has 116 valence electrons. The summed E-state index contributed by atoms with van der Waals surface area (Å²) in [6.07, 6.45) is 0.277. The van der Waals surface area contributed by atoms with Gasteiger partial charge in [0.1, 0.15) is 6.61 Å². The lowest BCUT2D eigenvalue weighted by molar-refractivity contribution is -0.131. The molecule has 1 aliphatic heterocycles. The van der Waals surface area contributed by atoms with Crippen molar-refractivity contribution in [2.45, 2.75) is 39.3 Å². The molecule has 0 saturated heterocycles. The maximum absolute atomic E-state index is 12.4. The zero-order valence-corrected chi connectivity index (χ0v) is 14.3. The van der Waals surface area contributed by atoms with Crippen molar-refractivity contribution in [2.24, 2.45) is 5.41 Å². The molecule has 0 aromatic heterocycles. The molecule has 1 aromatic carbocycles. The van der Waals surface area contributed by atoms with Crippen molar-refractivity contribution in [2.75, 3.05) is 11.9 Å². The van der Waals surface area contributed by atoms with Crippen LogP contribution in [0, 0.1) is 5.41 Å². The summed E-state index contributed by atoms with van der Waals surface area (Å²) >= 11 is 3.44. The fourth-order valence-corrected chi connectivity index (χ4v) is 2.70. The highest BCUT2D eigenvalue weighted by Crippen LogP contribution is 2.31. The van der Waals surface area contributed by atoms with Gasteiger partial charge < -0.3 is 14.8 Å². The van der Waals surface area contributed by atoms with Gasteiger partial charge in [0.2, 0.25) is 6.10 Å². The van der Waals surface area contributed by atoms with E-state index in [1.54, 1.807) is 0 Å². The van der Waals surface area contributed by atoms with E-state index in [4.69, 9.17) is 9.47 Å². The van der Waals surface area contributed by atoms with Gasteiger partial charge in [-0.3, -0.25) is 4.79 Å². The third-order valence-corrected chi connectivity index (χ3v) is 4.02. The quantitative estimate of drug-likeness (QED) is 0.844. The minimum absolute atomic E-state index is 0.00311. The van der Waals surface area contributed by atoms with Gasteiger partial charge in [-0.15, -0.1) is 0 Å². The molecule has 1 aliphatic rings. The Morgan fingerprint density at radius 2 is 2.05 bits per heavy atom. The van der Waals surface area contributed by atoms with Gasteiger partial charge in [-0.05, 0) is 24.0 Å². The second-order valence-electron chi connectivity index (χ2n) is 6.27. The first-order valence-corrected chi connectivity index (χ1v) is 8.29. The van der Waals surface area contributed by atoms with E-state index >= 15 is 0 Å². The Bertz CT molecular complexity index is 499. The summed E-state index contributed by atoms with van der Waals surface area (Å²) in [4.78, 5) is 12.4. The Hall–Kier alpha value is -1.23. The van der Waals surface area contributed by atoms with E-state index in [0.29, 0.717) is 11.5 Å². The SMILES string of the molecule is CC(C)(C)C(CCBr)NC(=O)C1COc2ccccc2O1. The number of nitrogens with one attached hydrogen (secondary N) is 1. The number of amides is 1. The number of carbonyl (C=O) groups is 1. The zero-order chi connectivity index (χ0) is 15.5. The molecular weight excluding hydrogens is 334 g/mol. The van der Waals surface area contributed by atoms with Crippen LogP contribution in [0.3, 0.4) is 0 Å². The molecule has 1 amide bonds. The molecule has 21 heavy (non-hydrogen) atoms. The smallest absolute Gasteiger partial charge is 0.264 e. The molecule has 1 N–H and O–H groups in total. The highest BCUT2D eigenvalue weighted by Gasteiger charge is 2.32. The number of alkyl halides is 1. The Morgan fingerprint density at radius 3 is 2.67 bits per heavy atom. The Kier molecular flexibility index (Phi) is 5.14. The topological polar surface area (TPSA) is 47.6 Å². The zero-order valence-electron chi connectivity index (χ0n) is 12.7. The lowest BCUT2D eigenvalue weighted by Crippen LogP contribution is -2.51. The summed E-state index contributed by atoms with van der Waals surface area (Å²) in [5, 5.41) is 3.93. The molecule has 0 radical (unpaired) electrons. The Morgan fingerprint density at radius 1 is 1.38 bits per heavy atom. The third-order valence-electron chi connectivity index (χ3n) is 3.56. The number of carbonyl (C=O) groups excluding carboxylic acids is 1. The lowest BCUT2D eigenvalue weighted by Gasteiger charge is -2.33. The van der Waals surface area contributed by atoms with Crippen LogP contribution < -0.4 is 14.8 Å². The van der Waals surface area contributed by atoms with Crippen LogP contribution in [0.4, 0.5) is 0 Å². The Labute approximate surface area is 134 Å². The minimum atomic E-state index is -0.597. The van der Waals surface area contributed by atoms with E-state index < -0.39 is 6.10 Å².